The van der Waals surface area contributed by atoms with Crippen molar-refractivity contribution in [3.8, 4) is 6.07 Å². The summed E-state index contributed by atoms with van der Waals surface area (Å²) in [5.41, 5.74) is 0. The number of hydrogen-bond donors (Lipinski definition) is 1. The third-order valence-electron chi connectivity index (χ3n) is 3.07. The van der Waals surface area contributed by atoms with Gasteiger partial charge in [-0.05, 0) is 0 Å². The molecule has 0 saturated heterocycles. The van der Waals surface area contributed by atoms with Crippen LogP contribution in [-0.2, 0) is 38.1 Å². The van der Waals surface area contributed by atoms with E-state index >= 15 is 0 Å². The summed E-state index contributed by atoms with van der Waals surface area (Å²) in [4.78, 5) is 33.8. The van der Waals surface area contributed by atoms with Gasteiger partial charge in [-0.1, -0.05) is 0 Å². The summed E-state index contributed by atoms with van der Waals surface area (Å²) in [6, 6.07) is 1.57. The maximum atomic E-state index is 11.4. The third kappa shape index (κ3) is 7.93. The molecule has 0 aromatic heterocycles. The first kappa shape index (κ1) is 22.8. The van der Waals surface area contributed by atoms with E-state index in [-0.39, 0.29) is 6.61 Å². The lowest BCUT2D eigenvalue weighted by Crippen LogP contribution is -2.54. The zero-order valence-electron chi connectivity index (χ0n) is 14.8. The van der Waals surface area contributed by atoms with Crippen molar-refractivity contribution < 1.29 is 43.2 Å². The molecule has 5 atom stereocenters. The van der Waals surface area contributed by atoms with Gasteiger partial charge in [-0.25, -0.2) is 0 Å². The SMILES string of the molecule is CO[C@@H]([C@H](OC(C)=O)[C@@H](OC)C(O)C#N)[C@@H](COC(C)=O)OC(C)=O. The van der Waals surface area contributed by atoms with E-state index in [1.54, 1.807) is 6.07 Å². The fourth-order valence-electron chi connectivity index (χ4n) is 2.13. The topological polar surface area (TPSA) is 141 Å². The Kier molecular flexibility index (Phi) is 10.3. The Morgan fingerprint density at radius 3 is 1.80 bits per heavy atom. The molecule has 0 bridgehead atoms. The maximum Gasteiger partial charge on any atom is 0.303 e. The second kappa shape index (κ2) is 11.4. The van der Waals surface area contributed by atoms with Crippen molar-refractivity contribution in [1.82, 2.24) is 0 Å². The van der Waals surface area contributed by atoms with Gasteiger partial charge in [0.2, 0.25) is 0 Å². The smallest absolute Gasteiger partial charge is 0.303 e. The van der Waals surface area contributed by atoms with Gasteiger partial charge in [0.15, 0.2) is 18.3 Å². The molecule has 0 aliphatic heterocycles. The van der Waals surface area contributed by atoms with E-state index in [1.165, 1.54) is 14.2 Å². The summed E-state index contributed by atoms with van der Waals surface area (Å²) in [6.45, 7) is 3.02. The zero-order valence-corrected chi connectivity index (χ0v) is 14.8. The van der Waals surface area contributed by atoms with Gasteiger partial charge in [-0.2, -0.15) is 5.26 Å². The predicted molar refractivity (Wildman–Crippen MR) is 81.0 cm³/mol. The number of methoxy groups -OCH3 is 2. The number of carbonyl (C=O) groups excluding carboxylic acids is 3. The highest BCUT2D eigenvalue weighted by molar-refractivity contribution is 5.67. The number of esters is 3. The molecule has 0 fully saturated rings. The molecular formula is C15H23NO9. The van der Waals surface area contributed by atoms with Crippen molar-refractivity contribution in [2.45, 2.75) is 51.3 Å². The number of hydrogen-bond acceptors (Lipinski definition) is 10. The first-order valence-electron chi connectivity index (χ1n) is 7.28. The second-order valence-electron chi connectivity index (χ2n) is 5.00. The molecule has 0 aromatic carbocycles. The molecule has 0 radical (unpaired) electrons. The lowest BCUT2D eigenvalue weighted by Gasteiger charge is -2.35. The molecule has 25 heavy (non-hydrogen) atoms. The summed E-state index contributed by atoms with van der Waals surface area (Å²) in [6.07, 6.45) is -6.62. The Balaban J connectivity index is 5.72. The van der Waals surface area contributed by atoms with Crippen LogP contribution in [0.15, 0.2) is 0 Å². The molecule has 0 saturated carbocycles. The van der Waals surface area contributed by atoms with Crippen molar-refractivity contribution >= 4 is 17.9 Å². The number of ether oxygens (including phenoxy) is 5. The van der Waals surface area contributed by atoms with Gasteiger partial charge >= 0.3 is 17.9 Å². The van der Waals surface area contributed by atoms with Gasteiger partial charge in [-0.15, -0.1) is 0 Å². The molecule has 0 heterocycles. The van der Waals surface area contributed by atoms with Crippen molar-refractivity contribution in [2.75, 3.05) is 20.8 Å². The normalized spacial score (nSPS) is 16.5. The van der Waals surface area contributed by atoms with Gasteiger partial charge in [0.1, 0.15) is 18.8 Å². The van der Waals surface area contributed by atoms with Crippen LogP contribution in [-0.4, -0.2) is 74.4 Å². The van der Waals surface area contributed by atoms with E-state index in [4.69, 9.17) is 28.9 Å². The Bertz CT molecular complexity index is 502. The molecule has 1 unspecified atom stereocenters. The van der Waals surface area contributed by atoms with E-state index in [1.807, 2.05) is 0 Å². The van der Waals surface area contributed by atoms with Crippen molar-refractivity contribution in [3.63, 3.8) is 0 Å². The van der Waals surface area contributed by atoms with E-state index in [0.717, 1.165) is 20.8 Å². The number of aliphatic hydroxyl groups excluding tert-OH is 1. The van der Waals surface area contributed by atoms with E-state index in [0.29, 0.717) is 0 Å². The van der Waals surface area contributed by atoms with Crippen LogP contribution in [0.25, 0.3) is 0 Å². The molecule has 0 spiro atoms. The van der Waals surface area contributed by atoms with E-state index in [9.17, 15) is 19.5 Å². The summed E-state index contributed by atoms with van der Waals surface area (Å²) in [5, 5.41) is 18.7. The van der Waals surface area contributed by atoms with Gasteiger partial charge in [-0.3, -0.25) is 14.4 Å². The molecular weight excluding hydrogens is 338 g/mol. The third-order valence-corrected chi connectivity index (χ3v) is 3.07. The minimum Gasteiger partial charge on any atom is -0.462 e. The minimum absolute atomic E-state index is 0.385. The highest BCUT2D eigenvalue weighted by Crippen LogP contribution is 2.20. The Hall–Kier alpha value is -2.22. The Labute approximate surface area is 145 Å². The summed E-state index contributed by atoms with van der Waals surface area (Å²) >= 11 is 0. The number of carbonyl (C=O) groups is 3. The lowest BCUT2D eigenvalue weighted by atomic mass is 9.99. The quantitative estimate of drug-likeness (QED) is 0.302. The van der Waals surface area contributed by atoms with E-state index in [2.05, 4.69) is 0 Å². The van der Waals surface area contributed by atoms with Crippen molar-refractivity contribution in [3.05, 3.63) is 0 Å². The van der Waals surface area contributed by atoms with Crippen LogP contribution in [0.2, 0.25) is 0 Å². The van der Waals surface area contributed by atoms with Gasteiger partial charge in [0.25, 0.3) is 0 Å². The van der Waals surface area contributed by atoms with Crippen LogP contribution >= 0.6 is 0 Å². The summed E-state index contributed by atoms with van der Waals surface area (Å²) in [7, 11) is 2.43. The van der Waals surface area contributed by atoms with Crippen LogP contribution in [0.4, 0.5) is 0 Å². The predicted octanol–water partition coefficient (Wildman–Crippen LogP) is -0.673. The summed E-state index contributed by atoms with van der Waals surface area (Å²) in [5.74, 6) is -2.07. The van der Waals surface area contributed by atoms with Crippen LogP contribution in [0.1, 0.15) is 20.8 Å². The van der Waals surface area contributed by atoms with Crippen LogP contribution in [0, 0.1) is 11.3 Å². The van der Waals surface area contributed by atoms with Gasteiger partial charge in [0.05, 0.1) is 6.07 Å². The number of nitriles is 1. The fraction of sp³-hybridized carbons (Fsp3) is 0.733. The second-order valence-corrected chi connectivity index (χ2v) is 5.00. The number of rotatable bonds is 10. The average Bonchev–Trinajstić information content (AvgIpc) is 2.52. The average molecular weight is 361 g/mol. The molecule has 0 amide bonds. The number of nitrogens with zero attached hydrogens (tertiary/aromatic N) is 1. The molecule has 10 heteroatoms. The lowest BCUT2D eigenvalue weighted by molar-refractivity contribution is -0.197. The molecule has 0 rings (SSSR count). The van der Waals surface area contributed by atoms with Crippen LogP contribution < -0.4 is 0 Å². The van der Waals surface area contributed by atoms with Crippen molar-refractivity contribution in [2.24, 2.45) is 0 Å². The standard InChI is InChI=1S/C15H23NO9/c1-8(17)23-7-12(24-9(2)18)14(22-5)15(25-10(3)19)13(21-4)11(20)6-16/h11-15,20H,7H2,1-5H3/t11?,12-,13+,14-,15-/m1/s1. The molecule has 142 valence electrons. The molecule has 0 aliphatic carbocycles. The van der Waals surface area contributed by atoms with Crippen molar-refractivity contribution in [1.29, 1.82) is 5.26 Å². The first-order chi connectivity index (χ1) is 11.7. The molecule has 0 aliphatic rings. The maximum absolute atomic E-state index is 11.4. The van der Waals surface area contributed by atoms with Gasteiger partial charge < -0.3 is 28.8 Å². The molecule has 0 aromatic rings. The Morgan fingerprint density at radius 1 is 0.920 bits per heavy atom. The fourth-order valence-corrected chi connectivity index (χ4v) is 2.13. The highest BCUT2D eigenvalue weighted by atomic mass is 16.6. The molecule has 10 nitrogen and oxygen atoms in total. The Morgan fingerprint density at radius 2 is 1.44 bits per heavy atom. The van der Waals surface area contributed by atoms with Crippen LogP contribution in [0.5, 0.6) is 0 Å². The molecule has 1 N–H and O–H groups in total. The first-order valence-corrected chi connectivity index (χ1v) is 7.28. The van der Waals surface area contributed by atoms with Gasteiger partial charge in [0, 0.05) is 35.0 Å². The number of aliphatic hydroxyl groups is 1. The van der Waals surface area contributed by atoms with Crippen LogP contribution in [0.3, 0.4) is 0 Å². The largest absolute Gasteiger partial charge is 0.462 e. The minimum atomic E-state index is -1.65. The highest BCUT2D eigenvalue weighted by Gasteiger charge is 2.43. The van der Waals surface area contributed by atoms with E-state index < -0.39 is 48.4 Å². The monoisotopic (exact) mass is 361 g/mol. The zero-order chi connectivity index (χ0) is 19.6. The summed E-state index contributed by atoms with van der Waals surface area (Å²) < 4.78 is 25.3.